The topological polar surface area (TPSA) is 167 Å². The average molecular weight is 629 g/mol. The lowest BCUT2D eigenvalue weighted by atomic mass is 10.0. The maximum absolute atomic E-state index is 12.3. The lowest BCUT2D eigenvalue weighted by molar-refractivity contribution is -0.206. The van der Waals surface area contributed by atoms with Crippen LogP contribution in [0.2, 0.25) is 0 Å². The molecule has 2 aromatic rings. The van der Waals surface area contributed by atoms with Crippen molar-refractivity contribution in [1.29, 1.82) is 0 Å². The number of aromatic amines is 1. The van der Waals surface area contributed by atoms with Crippen LogP contribution in [0.25, 0.3) is 11.2 Å². The van der Waals surface area contributed by atoms with Gasteiger partial charge in [0, 0.05) is 13.7 Å². The van der Waals surface area contributed by atoms with Crippen LogP contribution < -0.4 is 16.2 Å². The number of aromatic nitrogens is 4. The van der Waals surface area contributed by atoms with Crippen molar-refractivity contribution in [1.82, 2.24) is 19.5 Å². The molecule has 43 heavy (non-hydrogen) atoms. The molecule has 0 saturated heterocycles. The van der Waals surface area contributed by atoms with E-state index in [9.17, 15) is 14.3 Å². The molecule has 0 aromatic carbocycles. The summed E-state index contributed by atoms with van der Waals surface area (Å²) in [6, 6.07) is 0. The number of H-pyrrole nitrogens is 1. The van der Waals surface area contributed by atoms with Gasteiger partial charge in [0.05, 0.1) is 38.8 Å². The molecule has 2 rings (SSSR count). The number of rotatable bonds is 28. The van der Waals surface area contributed by atoms with Crippen molar-refractivity contribution in [2.45, 2.75) is 122 Å². The Hall–Kier alpha value is -1.82. The molecule has 248 valence electrons. The maximum atomic E-state index is 12.3. The molecule has 2 atom stereocenters. The highest BCUT2D eigenvalue weighted by Crippen LogP contribution is 2.37. The smallest absolute Gasteiger partial charge is 0.280 e. The summed E-state index contributed by atoms with van der Waals surface area (Å²) in [6.45, 7) is 3.27. The first-order valence-electron chi connectivity index (χ1n) is 16.2. The molecule has 0 radical (unpaired) electrons. The maximum Gasteiger partial charge on any atom is 0.280 e. The molecule has 0 amide bonds. The third kappa shape index (κ3) is 16.7. The molecule has 2 aromatic heterocycles. The summed E-state index contributed by atoms with van der Waals surface area (Å²) in [5.41, 5.74) is 5.57. The van der Waals surface area contributed by atoms with Gasteiger partial charge in [0.2, 0.25) is 5.95 Å². The number of nitrogens with zero attached hydrogens (tertiary/aromatic N) is 3. The van der Waals surface area contributed by atoms with E-state index in [0.29, 0.717) is 6.61 Å². The van der Waals surface area contributed by atoms with Crippen LogP contribution in [0.3, 0.4) is 0 Å². The Labute approximate surface area is 257 Å². The van der Waals surface area contributed by atoms with E-state index in [0.717, 1.165) is 12.8 Å². The van der Waals surface area contributed by atoms with Crippen LogP contribution in [0, 0.1) is 0 Å². The summed E-state index contributed by atoms with van der Waals surface area (Å²) in [7, 11) is -2.76. The molecular formula is C30H55N5O7P-. The van der Waals surface area contributed by atoms with Gasteiger partial charge in [-0.05, 0) is 6.42 Å². The van der Waals surface area contributed by atoms with Crippen LogP contribution in [0.15, 0.2) is 11.1 Å². The second kappa shape index (κ2) is 22.7. The molecule has 0 aliphatic rings. The minimum atomic E-state index is -4.24. The lowest BCUT2D eigenvalue weighted by Gasteiger charge is -2.26. The zero-order chi connectivity index (χ0) is 31.2. The number of nitrogens with one attached hydrogen (secondary N) is 1. The van der Waals surface area contributed by atoms with E-state index < -0.39 is 25.6 Å². The molecular weight excluding hydrogens is 573 g/mol. The number of imidazole rings is 1. The van der Waals surface area contributed by atoms with Crippen molar-refractivity contribution in [2.24, 2.45) is 0 Å². The Balaban J connectivity index is 1.46. The monoisotopic (exact) mass is 628 g/mol. The summed E-state index contributed by atoms with van der Waals surface area (Å²) in [4.78, 5) is 34.8. The standard InChI is InChI=1S/C30H56N5O7P/c1-3-4-5-6-7-8-9-10-11-12-13-14-15-16-17-18-19-40-20-21-42-43(37,38)25-41-26(23-39-2)22-35-24-32-27-28(35)33-30(31)34-29(27)36/h24,26H,3-23,25H2,1-2H3,(H,37,38)(H3,31,33,34,36)/p-1/t26-/m0/s1. The van der Waals surface area contributed by atoms with Gasteiger partial charge in [-0.2, -0.15) is 4.98 Å². The predicted octanol–water partition coefficient (Wildman–Crippen LogP) is 5.54. The van der Waals surface area contributed by atoms with Gasteiger partial charge < -0.3 is 38.5 Å². The largest absolute Gasteiger partial charge is 0.777 e. The first-order valence-corrected chi connectivity index (χ1v) is 17.9. The Morgan fingerprint density at radius 3 is 2.09 bits per heavy atom. The molecule has 0 aliphatic heterocycles. The van der Waals surface area contributed by atoms with Crippen molar-refractivity contribution in [3.05, 3.63) is 16.7 Å². The van der Waals surface area contributed by atoms with Gasteiger partial charge in [0.1, 0.15) is 6.35 Å². The zero-order valence-corrected chi connectivity index (χ0v) is 27.3. The Kier molecular flexibility index (Phi) is 19.7. The number of methoxy groups -OCH3 is 1. The second-order valence-electron chi connectivity index (χ2n) is 11.3. The summed E-state index contributed by atoms with van der Waals surface area (Å²) in [6.07, 6.45) is 21.2. The van der Waals surface area contributed by atoms with Crippen molar-refractivity contribution < 1.29 is 28.2 Å². The highest BCUT2D eigenvalue weighted by atomic mass is 31.2. The Morgan fingerprint density at radius 1 is 0.930 bits per heavy atom. The highest BCUT2D eigenvalue weighted by Gasteiger charge is 2.18. The van der Waals surface area contributed by atoms with Gasteiger partial charge >= 0.3 is 0 Å². The third-order valence-electron chi connectivity index (χ3n) is 7.37. The number of hydrogen-bond donors (Lipinski definition) is 2. The van der Waals surface area contributed by atoms with E-state index >= 15 is 0 Å². The van der Waals surface area contributed by atoms with Gasteiger partial charge in [-0.25, -0.2) is 4.98 Å². The van der Waals surface area contributed by atoms with E-state index in [4.69, 9.17) is 24.5 Å². The fourth-order valence-corrected chi connectivity index (χ4v) is 5.81. The fourth-order valence-electron chi connectivity index (χ4n) is 4.99. The van der Waals surface area contributed by atoms with Crippen molar-refractivity contribution in [3.63, 3.8) is 0 Å². The number of ether oxygens (including phenoxy) is 3. The predicted molar refractivity (Wildman–Crippen MR) is 168 cm³/mol. The first-order chi connectivity index (χ1) is 20.9. The van der Waals surface area contributed by atoms with Crippen molar-refractivity contribution in [2.75, 3.05) is 45.6 Å². The number of fused-ring (bicyclic) bond motifs is 1. The zero-order valence-electron chi connectivity index (χ0n) is 26.4. The van der Waals surface area contributed by atoms with Gasteiger partial charge in [-0.1, -0.05) is 103 Å². The van der Waals surface area contributed by atoms with Crippen LogP contribution >= 0.6 is 7.60 Å². The second-order valence-corrected chi connectivity index (χ2v) is 13.0. The molecule has 0 fully saturated rings. The molecule has 2 heterocycles. The van der Waals surface area contributed by atoms with Crippen LogP contribution in [-0.4, -0.2) is 65.5 Å². The Morgan fingerprint density at radius 2 is 1.51 bits per heavy atom. The summed E-state index contributed by atoms with van der Waals surface area (Å²) in [5.74, 6) is -0.0436. The van der Waals surface area contributed by atoms with Crippen LogP contribution in [-0.2, 0) is 29.8 Å². The lowest BCUT2D eigenvalue weighted by Crippen LogP contribution is -2.27. The van der Waals surface area contributed by atoms with Gasteiger partial charge in [-0.15, -0.1) is 0 Å². The summed E-state index contributed by atoms with van der Waals surface area (Å²) in [5, 5.41) is 0. The highest BCUT2D eigenvalue weighted by molar-refractivity contribution is 7.51. The molecule has 1 unspecified atom stereocenters. The summed E-state index contributed by atoms with van der Waals surface area (Å²) >= 11 is 0. The molecule has 13 heteroatoms. The molecule has 0 spiro atoms. The summed E-state index contributed by atoms with van der Waals surface area (Å²) < 4.78 is 35.2. The van der Waals surface area contributed by atoms with Gasteiger partial charge in [0.25, 0.3) is 5.56 Å². The number of hydrogen-bond acceptors (Lipinski definition) is 10. The van der Waals surface area contributed by atoms with E-state index in [1.165, 1.54) is 103 Å². The van der Waals surface area contributed by atoms with Crippen LogP contribution in [0.1, 0.15) is 110 Å². The van der Waals surface area contributed by atoms with Gasteiger partial charge in [0.15, 0.2) is 18.8 Å². The average Bonchev–Trinajstić information content (AvgIpc) is 3.37. The third-order valence-corrected chi connectivity index (χ3v) is 8.41. The number of anilines is 1. The molecule has 0 saturated carbocycles. The van der Waals surface area contributed by atoms with Crippen molar-refractivity contribution in [3.8, 4) is 0 Å². The normalized spacial score (nSPS) is 13.9. The first kappa shape index (κ1) is 37.4. The molecule has 0 aliphatic carbocycles. The van der Waals surface area contributed by atoms with E-state index in [1.54, 1.807) is 4.57 Å². The van der Waals surface area contributed by atoms with Crippen LogP contribution in [0.4, 0.5) is 5.95 Å². The Bertz CT molecular complexity index is 1100. The fraction of sp³-hybridized carbons (Fsp3) is 0.833. The van der Waals surface area contributed by atoms with Gasteiger partial charge in [-0.3, -0.25) is 9.78 Å². The SMILES string of the molecule is CCCCCCCCCCCCCCCCCCOCCOP(=O)([O-])CO[C@H](COC)Cn1cnc2c(=O)[nH]c(N)nc21. The number of unbranched alkanes of at least 4 members (excludes halogenated alkanes) is 15. The van der Waals surface area contributed by atoms with E-state index in [1.807, 2.05) is 0 Å². The minimum absolute atomic E-state index is 0.0436. The van der Waals surface area contributed by atoms with Crippen molar-refractivity contribution >= 4 is 24.7 Å². The quantitative estimate of drug-likeness (QED) is 0.0902. The molecule has 0 bridgehead atoms. The molecule has 12 nitrogen and oxygen atoms in total. The number of nitrogen functional groups attached to an aromatic ring is 1. The number of nitrogens with two attached hydrogens (primary N) is 1. The van der Waals surface area contributed by atoms with Crippen LogP contribution in [0.5, 0.6) is 0 Å². The molecule has 3 N–H and O–H groups in total. The van der Waals surface area contributed by atoms with E-state index in [-0.39, 0.29) is 43.5 Å². The minimum Gasteiger partial charge on any atom is -0.777 e. The van der Waals surface area contributed by atoms with E-state index in [2.05, 4.69) is 21.9 Å².